The summed E-state index contributed by atoms with van der Waals surface area (Å²) in [6.07, 6.45) is 3.21. The molecular formula is C16H26N6O2. The van der Waals surface area contributed by atoms with Gasteiger partial charge >= 0.3 is 0 Å². The van der Waals surface area contributed by atoms with E-state index in [0.29, 0.717) is 13.0 Å². The lowest BCUT2D eigenvalue weighted by atomic mass is 10.3. The number of nitrogens with one attached hydrogen (secondary N) is 1. The summed E-state index contributed by atoms with van der Waals surface area (Å²) in [7, 11) is 1.91. The van der Waals surface area contributed by atoms with E-state index in [4.69, 9.17) is 4.74 Å². The van der Waals surface area contributed by atoms with E-state index < -0.39 is 0 Å². The lowest BCUT2D eigenvalue weighted by Gasteiger charge is -2.26. The molecule has 0 atom stereocenters. The second-order valence-corrected chi connectivity index (χ2v) is 6.22. The van der Waals surface area contributed by atoms with Crippen molar-refractivity contribution in [2.24, 2.45) is 7.05 Å². The Morgan fingerprint density at radius 2 is 2.12 bits per heavy atom. The van der Waals surface area contributed by atoms with Crippen LogP contribution in [0.2, 0.25) is 0 Å². The highest BCUT2D eigenvalue weighted by Gasteiger charge is 2.13. The maximum Gasteiger partial charge on any atom is 0.221 e. The number of morpholine rings is 1. The number of aromatic nitrogens is 4. The minimum Gasteiger partial charge on any atom is -0.379 e. The smallest absolute Gasteiger partial charge is 0.221 e. The number of fused-ring (bicyclic) bond motifs is 1. The molecule has 1 aliphatic heterocycles. The number of hydrogen-bond acceptors (Lipinski definition) is 5. The Morgan fingerprint density at radius 1 is 1.33 bits per heavy atom. The van der Waals surface area contributed by atoms with Crippen molar-refractivity contribution in [2.75, 3.05) is 39.4 Å². The molecule has 1 aliphatic rings. The molecule has 0 aromatic carbocycles. The largest absolute Gasteiger partial charge is 0.379 e. The van der Waals surface area contributed by atoms with Gasteiger partial charge in [0.15, 0.2) is 0 Å². The molecule has 0 bridgehead atoms. The van der Waals surface area contributed by atoms with Crippen molar-refractivity contribution in [3.05, 3.63) is 11.9 Å². The molecule has 0 radical (unpaired) electrons. The maximum atomic E-state index is 12.0. The average Bonchev–Trinajstić information content (AvgIpc) is 3.13. The first-order valence-corrected chi connectivity index (χ1v) is 8.57. The zero-order valence-electron chi connectivity index (χ0n) is 14.5. The molecule has 1 saturated heterocycles. The van der Waals surface area contributed by atoms with E-state index in [1.165, 1.54) is 0 Å². The molecule has 1 amide bonds. The standard InChI is InChI=1S/C16H26N6O2/c1-13-16-14(20(2)19-13)12-18-22(16)7-4-15(23)17-5-3-6-21-8-10-24-11-9-21/h12H,3-11H2,1-2H3,(H,17,23). The van der Waals surface area contributed by atoms with Gasteiger partial charge in [0.2, 0.25) is 5.91 Å². The molecule has 0 saturated carbocycles. The van der Waals surface area contributed by atoms with Crippen LogP contribution in [0.1, 0.15) is 18.5 Å². The number of aryl methyl sites for hydroxylation is 3. The Kier molecular flexibility index (Phi) is 5.47. The van der Waals surface area contributed by atoms with Crippen LogP contribution in [0.5, 0.6) is 0 Å². The fourth-order valence-corrected chi connectivity index (χ4v) is 3.13. The summed E-state index contributed by atoms with van der Waals surface area (Å²) in [5, 5.41) is 11.7. The summed E-state index contributed by atoms with van der Waals surface area (Å²) < 4.78 is 9.01. The minimum absolute atomic E-state index is 0.0715. The third kappa shape index (κ3) is 3.93. The molecule has 132 valence electrons. The van der Waals surface area contributed by atoms with Gasteiger partial charge in [0.25, 0.3) is 0 Å². The first-order valence-electron chi connectivity index (χ1n) is 8.57. The normalized spacial score (nSPS) is 15.9. The molecule has 2 aromatic rings. The van der Waals surface area contributed by atoms with Crippen LogP contribution in [0, 0.1) is 6.92 Å². The van der Waals surface area contributed by atoms with Gasteiger partial charge in [-0.1, -0.05) is 0 Å². The van der Waals surface area contributed by atoms with Crippen molar-refractivity contribution in [3.8, 4) is 0 Å². The highest BCUT2D eigenvalue weighted by atomic mass is 16.5. The van der Waals surface area contributed by atoms with Crippen LogP contribution in [0.3, 0.4) is 0 Å². The molecule has 3 rings (SSSR count). The molecule has 24 heavy (non-hydrogen) atoms. The third-order valence-corrected chi connectivity index (χ3v) is 4.44. The molecule has 1 fully saturated rings. The Hall–Kier alpha value is -1.93. The zero-order chi connectivity index (χ0) is 16.9. The van der Waals surface area contributed by atoms with Gasteiger partial charge in [0.05, 0.1) is 31.6 Å². The second kappa shape index (κ2) is 7.76. The number of carbonyl (C=O) groups excluding carboxylic acids is 1. The number of rotatable bonds is 7. The molecular weight excluding hydrogens is 308 g/mol. The highest BCUT2D eigenvalue weighted by Crippen LogP contribution is 2.16. The van der Waals surface area contributed by atoms with Gasteiger partial charge < -0.3 is 10.1 Å². The quantitative estimate of drug-likeness (QED) is 0.737. The molecule has 0 aliphatic carbocycles. The van der Waals surface area contributed by atoms with Gasteiger partial charge in [0, 0.05) is 33.1 Å². The van der Waals surface area contributed by atoms with Crippen molar-refractivity contribution in [1.82, 2.24) is 29.8 Å². The lowest BCUT2D eigenvalue weighted by molar-refractivity contribution is -0.121. The van der Waals surface area contributed by atoms with Crippen LogP contribution >= 0.6 is 0 Å². The summed E-state index contributed by atoms with van der Waals surface area (Å²) in [5.74, 6) is 0.0715. The topological polar surface area (TPSA) is 77.2 Å². The van der Waals surface area contributed by atoms with Gasteiger partial charge in [-0.05, 0) is 19.9 Å². The predicted molar refractivity (Wildman–Crippen MR) is 90.7 cm³/mol. The van der Waals surface area contributed by atoms with Crippen molar-refractivity contribution < 1.29 is 9.53 Å². The zero-order valence-corrected chi connectivity index (χ0v) is 14.5. The van der Waals surface area contributed by atoms with Crippen molar-refractivity contribution >= 4 is 16.9 Å². The van der Waals surface area contributed by atoms with E-state index in [2.05, 4.69) is 20.4 Å². The van der Waals surface area contributed by atoms with E-state index in [1.54, 1.807) is 6.20 Å². The fourth-order valence-electron chi connectivity index (χ4n) is 3.13. The SMILES string of the molecule is Cc1nn(C)c2cnn(CCC(=O)NCCCN3CCOCC3)c12. The molecule has 8 nitrogen and oxygen atoms in total. The Labute approximate surface area is 141 Å². The first-order chi connectivity index (χ1) is 11.6. The monoisotopic (exact) mass is 334 g/mol. The summed E-state index contributed by atoms with van der Waals surface area (Å²) in [4.78, 5) is 14.4. The number of ether oxygens (including phenoxy) is 1. The molecule has 3 heterocycles. The van der Waals surface area contributed by atoms with Crippen LogP contribution < -0.4 is 5.32 Å². The van der Waals surface area contributed by atoms with Crippen molar-refractivity contribution in [3.63, 3.8) is 0 Å². The number of amides is 1. The van der Waals surface area contributed by atoms with Gasteiger partial charge in [0.1, 0.15) is 11.0 Å². The first kappa shape index (κ1) is 16.9. The van der Waals surface area contributed by atoms with Crippen LogP contribution in [-0.2, 0) is 23.1 Å². The molecule has 0 unspecified atom stereocenters. The minimum atomic E-state index is 0.0715. The maximum absolute atomic E-state index is 12.0. The molecule has 2 aromatic heterocycles. The third-order valence-electron chi connectivity index (χ3n) is 4.44. The molecule has 8 heteroatoms. The van der Waals surface area contributed by atoms with E-state index in [9.17, 15) is 4.79 Å². The van der Waals surface area contributed by atoms with E-state index in [-0.39, 0.29) is 5.91 Å². The van der Waals surface area contributed by atoms with E-state index in [1.807, 2.05) is 23.3 Å². The second-order valence-electron chi connectivity index (χ2n) is 6.22. The van der Waals surface area contributed by atoms with E-state index >= 15 is 0 Å². The van der Waals surface area contributed by atoms with E-state index in [0.717, 1.165) is 62.5 Å². The summed E-state index contributed by atoms with van der Waals surface area (Å²) in [6, 6.07) is 0. The average molecular weight is 334 g/mol. The lowest BCUT2D eigenvalue weighted by Crippen LogP contribution is -2.38. The van der Waals surface area contributed by atoms with Crippen LogP contribution in [-0.4, -0.2) is 69.8 Å². The van der Waals surface area contributed by atoms with Crippen molar-refractivity contribution in [2.45, 2.75) is 26.3 Å². The van der Waals surface area contributed by atoms with Gasteiger partial charge in [-0.2, -0.15) is 10.2 Å². The predicted octanol–water partition coefficient (Wildman–Crippen LogP) is 0.307. The highest BCUT2D eigenvalue weighted by molar-refractivity contribution is 5.78. The van der Waals surface area contributed by atoms with Crippen LogP contribution in [0.15, 0.2) is 6.20 Å². The summed E-state index contributed by atoms with van der Waals surface area (Å²) in [6.45, 7) is 7.89. The number of nitrogens with zero attached hydrogens (tertiary/aromatic N) is 5. The van der Waals surface area contributed by atoms with Gasteiger partial charge in [-0.3, -0.25) is 19.1 Å². The number of carbonyl (C=O) groups is 1. The van der Waals surface area contributed by atoms with Crippen LogP contribution in [0.25, 0.3) is 11.0 Å². The fraction of sp³-hybridized carbons (Fsp3) is 0.688. The van der Waals surface area contributed by atoms with Gasteiger partial charge in [-0.15, -0.1) is 0 Å². The summed E-state index contributed by atoms with van der Waals surface area (Å²) in [5.41, 5.74) is 2.95. The number of hydrogen-bond donors (Lipinski definition) is 1. The molecule has 0 spiro atoms. The van der Waals surface area contributed by atoms with Crippen LogP contribution in [0.4, 0.5) is 0 Å². The summed E-state index contributed by atoms with van der Waals surface area (Å²) >= 11 is 0. The van der Waals surface area contributed by atoms with Gasteiger partial charge in [-0.25, -0.2) is 0 Å². The Morgan fingerprint density at radius 3 is 2.92 bits per heavy atom. The van der Waals surface area contributed by atoms with Crippen molar-refractivity contribution in [1.29, 1.82) is 0 Å². The molecule has 1 N–H and O–H groups in total. The Bertz CT molecular complexity index is 686. The Balaban J connectivity index is 1.39.